The fraction of sp³-hybridized carbons (Fsp3) is 0.455. The zero-order chi connectivity index (χ0) is 13.7. The lowest BCUT2D eigenvalue weighted by Gasteiger charge is -2.15. The second kappa shape index (κ2) is 5.95. The summed E-state index contributed by atoms with van der Waals surface area (Å²) in [5.41, 5.74) is 5.32. The average molecular weight is 252 g/mol. The number of primary amides is 1. The Hall–Kier alpha value is -2.18. The van der Waals surface area contributed by atoms with E-state index in [1.807, 2.05) is 0 Å². The van der Waals surface area contributed by atoms with Crippen molar-refractivity contribution in [2.75, 3.05) is 12.4 Å². The molecule has 98 valence electrons. The van der Waals surface area contributed by atoms with Gasteiger partial charge in [0.1, 0.15) is 17.2 Å². The molecule has 1 amide bonds. The Morgan fingerprint density at radius 3 is 2.78 bits per heavy atom. The van der Waals surface area contributed by atoms with Crippen LogP contribution in [0.2, 0.25) is 0 Å². The summed E-state index contributed by atoms with van der Waals surface area (Å²) in [6.07, 6.45) is 1.52. The van der Waals surface area contributed by atoms with Gasteiger partial charge in [-0.15, -0.1) is 0 Å². The van der Waals surface area contributed by atoms with E-state index in [9.17, 15) is 9.59 Å². The van der Waals surface area contributed by atoms with Crippen LogP contribution in [-0.2, 0) is 9.53 Å². The molecule has 7 nitrogen and oxygen atoms in total. The molecule has 0 saturated carbocycles. The smallest absolute Gasteiger partial charge is 0.343 e. The molecule has 0 bridgehead atoms. The van der Waals surface area contributed by atoms with Gasteiger partial charge >= 0.3 is 5.97 Å². The van der Waals surface area contributed by atoms with Crippen LogP contribution in [0.4, 0.5) is 5.82 Å². The quantitative estimate of drug-likeness (QED) is 0.727. The van der Waals surface area contributed by atoms with E-state index in [0.29, 0.717) is 11.6 Å². The number of ether oxygens (including phenoxy) is 1. The SMILES string of the molecule is COC(=O)c1cnc(C)nc1NC(C)CC(N)=O. The van der Waals surface area contributed by atoms with Crippen LogP contribution >= 0.6 is 0 Å². The summed E-state index contributed by atoms with van der Waals surface area (Å²) in [6.45, 7) is 3.47. The number of carbonyl (C=O) groups excluding carboxylic acids is 2. The molecule has 7 heteroatoms. The maximum absolute atomic E-state index is 11.5. The molecule has 1 unspecified atom stereocenters. The number of aryl methyl sites for hydroxylation is 1. The molecule has 3 N–H and O–H groups in total. The van der Waals surface area contributed by atoms with E-state index in [1.165, 1.54) is 13.3 Å². The van der Waals surface area contributed by atoms with Crippen LogP contribution in [0.1, 0.15) is 29.5 Å². The number of hydrogen-bond donors (Lipinski definition) is 2. The fourth-order valence-electron chi connectivity index (χ4n) is 1.43. The van der Waals surface area contributed by atoms with Gasteiger partial charge in [0.05, 0.1) is 7.11 Å². The third kappa shape index (κ3) is 3.69. The Balaban J connectivity index is 2.95. The van der Waals surface area contributed by atoms with Gasteiger partial charge in [-0.25, -0.2) is 14.8 Å². The molecule has 0 spiro atoms. The van der Waals surface area contributed by atoms with E-state index in [0.717, 1.165) is 0 Å². The van der Waals surface area contributed by atoms with Gasteiger partial charge in [0, 0.05) is 18.7 Å². The number of rotatable bonds is 5. The van der Waals surface area contributed by atoms with Crippen LogP contribution in [0.3, 0.4) is 0 Å². The van der Waals surface area contributed by atoms with Crippen molar-refractivity contribution in [1.82, 2.24) is 9.97 Å². The number of nitrogens with zero attached hydrogens (tertiary/aromatic N) is 2. The molecule has 1 heterocycles. The van der Waals surface area contributed by atoms with E-state index in [4.69, 9.17) is 5.73 Å². The van der Waals surface area contributed by atoms with Crippen LogP contribution in [0, 0.1) is 6.92 Å². The first-order valence-electron chi connectivity index (χ1n) is 5.40. The number of anilines is 1. The van der Waals surface area contributed by atoms with Crippen molar-refractivity contribution in [3.05, 3.63) is 17.6 Å². The highest BCUT2D eigenvalue weighted by Crippen LogP contribution is 2.14. The first-order chi connectivity index (χ1) is 8.43. The van der Waals surface area contributed by atoms with Gasteiger partial charge in [-0.1, -0.05) is 0 Å². The Morgan fingerprint density at radius 2 is 2.22 bits per heavy atom. The summed E-state index contributed by atoms with van der Waals surface area (Å²) in [7, 11) is 1.28. The van der Waals surface area contributed by atoms with Crippen LogP contribution in [0.25, 0.3) is 0 Å². The largest absolute Gasteiger partial charge is 0.465 e. The number of aromatic nitrogens is 2. The lowest BCUT2D eigenvalue weighted by molar-refractivity contribution is -0.118. The van der Waals surface area contributed by atoms with E-state index < -0.39 is 11.9 Å². The molecular formula is C11H16N4O3. The molecule has 0 aliphatic rings. The van der Waals surface area contributed by atoms with Crippen molar-refractivity contribution in [2.45, 2.75) is 26.3 Å². The van der Waals surface area contributed by atoms with Gasteiger partial charge in [-0.3, -0.25) is 4.79 Å². The number of nitrogens with two attached hydrogens (primary N) is 1. The first-order valence-corrected chi connectivity index (χ1v) is 5.40. The predicted octanol–water partition coefficient (Wildman–Crippen LogP) is 0.247. The average Bonchev–Trinajstić information content (AvgIpc) is 2.27. The van der Waals surface area contributed by atoms with Crippen molar-refractivity contribution in [3.8, 4) is 0 Å². The summed E-state index contributed by atoms with van der Waals surface area (Å²) < 4.78 is 4.63. The van der Waals surface area contributed by atoms with E-state index in [1.54, 1.807) is 13.8 Å². The molecule has 1 aromatic rings. The Bertz CT molecular complexity index is 462. The lowest BCUT2D eigenvalue weighted by atomic mass is 10.2. The van der Waals surface area contributed by atoms with Gasteiger partial charge < -0.3 is 15.8 Å². The van der Waals surface area contributed by atoms with Crippen LogP contribution in [-0.4, -0.2) is 35.0 Å². The second-order valence-corrected chi connectivity index (χ2v) is 3.89. The van der Waals surface area contributed by atoms with Crippen molar-refractivity contribution in [2.24, 2.45) is 5.73 Å². The standard InChI is InChI=1S/C11H16N4O3/c1-6(4-9(12)16)14-10-8(11(17)18-3)5-13-7(2)15-10/h5-6H,4H2,1-3H3,(H2,12,16)(H,13,14,15). The van der Waals surface area contributed by atoms with Crippen molar-refractivity contribution >= 4 is 17.7 Å². The molecule has 1 rings (SSSR count). The van der Waals surface area contributed by atoms with Crippen molar-refractivity contribution in [1.29, 1.82) is 0 Å². The topological polar surface area (TPSA) is 107 Å². The molecule has 1 aromatic heterocycles. The van der Waals surface area contributed by atoms with Gasteiger partial charge in [0.25, 0.3) is 0 Å². The van der Waals surface area contributed by atoms with Crippen molar-refractivity contribution < 1.29 is 14.3 Å². The van der Waals surface area contributed by atoms with Gasteiger partial charge in [-0.05, 0) is 13.8 Å². The maximum atomic E-state index is 11.5. The highest BCUT2D eigenvalue weighted by molar-refractivity contribution is 5.94. The number of hydrogen-bond acceptors (Lipinski definition) is 6. The monoisotopic (exact) mass is 252 g/mol. The number of carbonyl (C=O) groups is 2. The second-order valence-electron chi connectivity index (χ2n) is 3.89. The predicted molar refractivity (Wildman–Crippen MR) is 65.0 cm³/mol. The zero-order valence-corrected chi connectivity index (χ0v) is 10.6. The third-order valence-corrected chi connectivity index (χ3v) is 2.21. The van der Waals surface area contributed by atoms with Crippen LogP contribution < -0.4 is 11.1 Å². The Kier molecular flexibility index (Phi) is 4.59. The lowest BCUT2D eigenvalue weighted by Crippen LogP contribution is -2.25. The minimum absolute atomic E-state index is 0.143. The van der Waals surface area contributed by atoms with Gasteiger partial charge in [0.2, 0.25) is 5.91 Å². The molecular weight excluding hydrogens is 236 g/mol. The minimum atomic E-state index is -0.538. The minimum Gasteiger partial charge on any atom is -0.465 e. The molecule has 0 aliphatic carbocycles. The summed E-state index contributed by atoms with van der Waals surface area (Å²) in [6, 6.07) is -0.236. The highest BCUT2D eigenvalue weighted by Gasteiger charge is 2.16. The molecule has 0 saturated heterocycles. The number of nitrogens with one attached hydrogen (secondary N) is 1. The molecule has 0 aliphatic heterocycles. The summed E-state index contributed by atoms with van der Waals surface area (Å²) >= 11 is 0. The number of methoxy groups -OCH3 is 1. The third-order valence-electron chi connectivity index (χ3n) is 2.21. The van der Waals surface area contributed by atoms with Gasteiger partial charge in [-0.2, -0.15) is 0 Å². The zero-order valence-electron chi connectivity index (χ0n) is 10.6. The Morgan fingerprint density at radius 1 is 1.56 bits per heavy atom. The maximum Gasteiger partial charge on any atom is 0.343 e. The molecule has 0 fully saturated rings. The first kappa shape index (κ1) is 13.9. The summed E-state index contributed by atoms with van der Waals surface area (Å²) in [5.74, 6) is -0.122. The molecule has 0 radical (unpaired) electrons. The molecule has 0 aromatic carbocycles. The molecule has 18 heavy (non-hydrogen) atoms. The summed E-state index contributed by atoms with van der Waals surface area (Å²) in [5, 5.41) is 2.95. The van der Waals surface area contributed by atoms with E-state index >= 15 is 0 Å². The van der Waals surface area contributed by atoms with E-state index in [2.05, 4.69) is 20.0 Å². The van der Waals surface area contributed by atoms with E-state index in [-0.39, 0.29) is 18.0 Å². The summed E-state index contributed by atoms with van der Waals surface area (Å²) in [4.78, 5) is 30.4. The number of esters is 1. The van der Waals surface area contributed by atoms with Crippen LogP contribution in [0.5, 0.6) is 0 Å². The normalized spacial score (nSPS) is 11.7. The van der Waals surface area contributed by atoms with Crippen LogP contribution in [0.15, 0.2) is 6.20 Å². The van der Waals surface area contributed by atoms with Gasteiger partial charge in [0.15, 0.2) is 0 Å². The fourth-order valence-corrected chi connectivity index (χ4v) is 1.43. The molecule has 1 atom stereocenters. The highest BCUT2D eigenvalue weighted by atomic mass is 16.5. The number of amides is 1. The van der Waals surface area contributed by atoms with Crippen molar-refractivity contribution in [3.63, 3.8) is 0 Å². The Labute approximate surface area is 105 Å².